The number of rotatable bonds is 5. The van der Waals surface area contributed by atoms with Crippen LogP contribution in [-0.2, 0) is 12.8 Å². The molecule has 104 valence electrons. The van der Waals surface area contributed by atoms with Crippen molar-refractivity contribution in [2.24, 2.45) is 5.84 Å². The van der Waals surface area contributed by atoms with E-state index in [9.17, 15) is 0 Å². The van der Waals surface area contributed by atoms with Crippen LogP contribution in [0.2, 0.25) is 0 Å². The lowest BCUT2D eigenvalue weighted by Gasteiger charge is -2.36. The highest BCUT2D eigenvalue weighted by atomic mass is 16.5. The second kappa shape index (κ2) is 5.65. The minimum atomic E-state index is 0.237. The average molecular weight is 268 g/mol. The first-order valence-corrected chi connectivity index (χ1v) is 6.99. The maximum atomic E-state index is 5.79. The van der Waals surface area contributed by atoms with Gasteiger partial charge in [0.05, 0.1) is 7.11 Å². The van der Waals surface area contributed by atoms with Crippen LogP contribution >= 0.6 is 0 Å². The predicted octanol–water partition coefficient (Wildman–Crippen LogP) is 2.41. The van der Waals surface area contributed by atoms with Crippen LogP contribution in [0.4, 0.5) is 0 Å². The molecule has 0 saturated heterocycles. The molecule has 20 heavy (non-hydrogen) atoms. The Morgan fingerprint density at radius 1 is 1.20 bits per heavy atom. The first-order chi connectivity index (χ1) is 9.83. The Labute approximate surface area is 119 Å². The van der Waals surface area contributed by atoms with Crippen molar-refractivity contribution < 1.29 is 4.74 Å². The summed E-state index contributed by atoms with van der Waals surface area (Å²) in [5.41, 5.74) is 7.05. The lowest BCUT2D eigenvalue weighted by atomic mass is 9.72. The Hall–Kier alpha value is -1.84. The molecule has 1 aliphatic carbocycles. The molecule has 0 bridgehead atoms. The largest absolute Gasteiger partial charge is 0.496 e. The summed E-state index contributed by atoms with van der Waals surface area (Å²) in [6.45, 7) is 0. The summed E-state index contributed by atoms with van der Waals surface area (Å²) in [6.07, 6.45) is 1.97. The van der Waals surface area contributed by atoms with Gasteiger partial charge >= 0.3 is 0 Å². The molecule has 2 unspecified atom stereocenters. The van der Waals surface area contributed by atoms with Crippen molar-refractivity contribution >= 4 is 0 Å². The average Bonchev–Trinajstić information content (AvgIpc) is 2.48. The fourth-order valence-electron chi connectivity index (χ4n) is 3.08. The molecule has 2 aromatic rings. The number of benzene rings is 2. The van der Waals surface area contributed by atoms with Crippen LogP contribution < -0.4 is 16.0 Å². The van der Waals surface area contributed by atoms with Crippen molar-refractivity contribution in [3.8, 4) is 5.75 Å². The summed E-state index contributed by atoms with van der Waals surface area (Å²) in [4.78, 5) is 0. The van der Waals surface area contributed by atoms with E-state index in [0.717, 1.165) is 18.6 Å². The highest BCUT2D eigenvalue weighted by Gasteiger charge is 2.32. The minimum absolute atomic E-state index is 0.237. The predicted molar refractivity (Wildman–Crippen MR) is 80.7 cm³/mol. The number of hydrogen-bond acceptors (Lipinski definition) is 3. The van der Waals surface area contributed by atoms with Gasteiger partial charge in [0.25, 0.3) is 0 Å². The highest BCUT2D eigenvalue weighted by molar-refractivity contribution is 5.42. The van der Waals surface area contributed by atoms with E-state index < -0.39 is 0 Å². The molecule has 3 nitrogen and oxygen atoms in total. The fraction of sp³-hybridized carbons (Fsp3) is 0.294. The first kappa shape index (κ1) is 13.2. The smallest absolute Gasteiger partial charge is 0.122 e. The molecular weight excluding hydrogens is 248 g/mol. The Morgan fingerprint density at radius 2 is 1.95 bits per heavy atom. The van der Waals surface area contributed by atoms with Gasteiger partial charge in [-0.05, 0) is 35.6 Å². The lowest BCUT2D eigenvalue weighted by Crippen LogP contribution is -2.45. The second-order valence-electron chi connectivity index (χ2n) is 5.30. The Morgan fingerprint density at radius 3 is 2.70 bits per heavy atom. The summed E-state index contributed by atoms with van der Waals surface area (Å²) in [7, 11) is 1.71. The van der Waals surface area contributed by atoms with Gasteiger partial charge in [-0.1, -0.05) is 42.5 Å². The van der Waals surface area contributed by atoms with Gasteiger partial charge in [0, 0.05) is 12.0 Å². The zero-order valence-electron chi connectivity index (χ0n) is 11.7. The molecule has 0 radical (unpaired) electrons. The first-order valence-electron chi connectivity index (χ1n) is 6.99. The number of nitrogens with one attached hydrogen (secondary N) is 1. The maximum Gasteiger partial charge on any atom is 0.122 e. The molecule has 3 N–H and O–H groups in total. The molecule has 2 atom stereocenters. The van der Waals surface area contributed by atoms with E-state index in [2.05, 4.69) is 35.8 Å². The summed E-state index contributed by atoms with van der Waals surface area (Å²) in [5, 5.41) is 0. The van der Waals surface area contributed by atoms with E-state index in [1.54, 1.807) is 7.11 Å². The zero-order valence-corrected chi connectivity index (χ0v) is 11.7. The summed E-state index contributed by atoms with van der Waals surface area (Å²) < 4.78 is 5.42. The van der Waals surface area contributed by atoms with Crippen molar-refractivity contribution in [1.29, 1.82) is 0 Å². The van der Waals surface area contributed by atoms with Gasteiger partial charge in [-0.15, -0.1) is 0 Å². The van der Waals surface area contributed by atoms with Crippen molar-refractivity contribution in [2.75, 3.05) is 7.11 Å². The molecular formula is C17H20N2O. The molecule has 0 aromatic heterocycles. The quantitative estimate of drug-likeness (QED) is 0.646. The number of methoxy groups -OCH3 is 1. The number of nitrogens with two attached hydrogens (primary N) is 1. The van der Waals surface area contributed by atoms with E-state index in [0.29, 0.717) is 5.92 Å². The normalized spacial score (nSPS) is 18.0. The van der Waals surface area contributed by atoms with Crippen LogP contribution in [0.25, 0.3) is 0 Å². The number of ether oxygens (including phenoxy) is 1. The van der Waals surface area contributed by atoms with E-state index in [1.165, 1.54) is 16.7 Å². The van der Waals surface area contributed by atoms with Crippen LogP contribution in [0.5, 0.6) is 5.75 Å². The molecule has 2 aromatic carbocycles. The number of fused-ring (bicyclic) bond motifs is 1. The van der Waals surface area contributed by atoms with E-state index in [-0.39, 0.29) is 6.04 Å². The van der Waals surface area contributed by atoms with Crippen molar-refractivity contribution in [1.82, 2.24) is 5.43 Å². The van der Waals surface area contributed by atoms with Gasteiger partial charge in [-0.3, -0.25) is 11.3 Å². The third-order valence-corrected chi connectivity index (χ3v) is 4.23. The van der Waals surface area contributed by atoms with Crippen LogP contribution in [0.15, 0.2) is 48.5 Å². The Balaban J connectivity index is 1.79. The number of hydrazine groups is 1. The maximum absolute atomic E-state index is 5.79. The standard InChI is InChI=1S/C17H20N2O/c1-20-17-9-5-3-7-13(17)11-16(19-18)15-10-12-6-2-4-8-14(12)15/h2-9,15-16,19H,10-11,18H2,1H3. The van der Waals surface area contributed by atoms with E-state index in [1.807, 2.05) is 18.2 Å². The summed E-state index contributed by atoms with van der Waals surface area (Å²) in [6, 6.07) is 17.0. The topological polar surface area (TPSA) is 47.3 Å². The van der Waals surface area contributed by atoms with Gasteiger partial charge in [-0.25, -0.2) is 0 Å². The zero-order chi connectivity index (χ0) is 13.9. The number of hydrogen-bond donors (Lipinski definition) is 2. The monoisotopic (exact) mass is 268 g/mol. The fourth-order valence-corrected chi connectivity index (χ4v) is 3.08. The molecule has 3 heteroatoms. The summed E-state index contributed by atoms with van der Waals surface area (Å²) >= 11 is 0. The van der Waals surface area contributed by atoms with Crippen molar-refractivity contribution in [3.63, 3.8) is 0 Å². The van der Waals surface area contributed by atoms with Gasteiger partial charge in [0.2, 0.25) is 0 Å². The van der Waals surface area contributed by atoms with Crippen LogP contribution in [-0.4, -0.2) is 13.2 Å². The Kier molecular flexibility index (Phi) is 3.72. The number of para-hydroxylation sites is 1. The highest BCUT2D eigenvalue weighted by Crippen LogP contribution is 2.38. The third-order valence-electron chi connectivity index (χ3n) is 4.23. The van der Waals surface area contributed by atoms with Gasteiger partial charge in [0.15, 0.2) is 0 Å². The van der Waals surface area contributed by atoms with E-state index in [4.69, 9.17) is 10.6 Å². The van der Waals surface area contributed by atoms with Gasteiger partial charge < -0.3 is 4.74 Å². The molecule has 0 spiro atoms. The van der Waals surface area contributed by atoms with Crippen LogP contribution in [0.1, 0.15) is 22.6 Å². The molecule has 1 aliphatic rings. The van der Waals surface area contributed by atoms with Crippen molar-refractivity contribution in [3.05, 3.63) is 65.2 Å². The van der Waals surface area contributed by atoms with Crippen molar-refractivity contribution in [2.45, 2.75) is 24.8 Å². The molecule has 0 amide bonds. The SMILES string of the molecule is COc1ccccc1CC(NN)C1Cc2ccccc21. The lowest BCUT2D eigenvalue weighted by molar-refractivity contribution is 0.383. The third kappa shape index (κ3) is 2.30. The van der Waals surface area contributed by atoms with Crippen LogP contribution in [0, 0.1) is 0 Å². The second-order valence-corrected chi connectivity index (χ2v) is 5.30. The van der Waals surface area contributed by atoms with E-state index >= 15 is 0 Å². The molecule has 0 aliphatic heterocycles. The van der Waals surface area contributed by atoms with Gasteiger partial charge in [0.1, 0.15) is 5.75 Å². The Bertz CT molecular complexity index is 597. The van der Waals surface area contributed by atoms with Gasteiger partial charge in [-0.2, -0.15) is 0 Å². The molecule has 0 saturated carbocycles. The molecule has 0 fully saturated rings. The molecule has 3 rings (SSSR count). The summed E-state index contributed by atoms with van der Waals surface area (Å²) in [5.74, 6) is 7.21. The molecule has 0 heterocycles. The van der Waals surface area contributed by atoms with Crippen LogP contribution in [0.3, 0.4) is 0 Å². The minimum Gasteiger partial charge on any atom is -0.496 e.